The summed E-state index contributed by atoms with van der Waals surface area (Å²) in [5, 5.41) is 3.52. The summed E-state index contributed by atoms with van der Waals surface area (Å²) >= 11 is 0. The zero-order valence-electron chi connectivity index (χ0n) is 9.29. The van der Waals surface area contributed by atoms with E-state index in [0.717, 1.165) is 6.42 Å². The quantitative estimate of drug-likeness (QED) is 0.668. The Bertz CT molecular complexity index is 205. The van der Waals surface area contributed by atoms with Gasteiger partial charge in [0.25, 0.3) is 0 Å². The summed E-state index contributed by atoms with van der Waals surface area (Å²) in [5.74, 6) is 3.31. The number of hydrogen-bond donors (Lipinski definition) is 2. The Morgan fingerprint density at radius 1 is 1.43 bits per heavy atom. The Kier molecular flexibility index (Phi) is 4.44. The molecule has 0 aromatic heterocycles. The van der Waals surface area contributed by atoms with Gasteiger partial charge in [-0.3, -0.25) is 0 Å². The van der Waals surface area contributed by atoms with E-state index < -0.39 is 0 Å². The van der Waals surface area contributed by atoms with Gasteiger partial charge in [-0.2, -0.15) is 0 Å². The van der Waals surface area contributed by atoms with Crippen molar-refractivity contribution in [1.82, 2.24) is 5.32 Å². The van der Waals surface area contributed by atoms with Crippen LogP contribution >= 0.6 is 0 Å². The van der Waals surface area contributed by atoms with Gasteiger partial charge in [0, 0.05) is 12.1 Å². The van der Waals surface area contributed by atoms with Gasteiger partial charge in [0.1, 0.15) is 0 Å². The summed E-state index contributed by atoms with van der Waals surface area (Å²) in [7, 11) is 0. The molecule has 0 aromatic rings. The van der Waals surface area contributed by atoms with Gasteiger partial charge in [-0.05, 0) is 25.2 Å². The van der Waals surface area contributed by atoms with Crippen LogP contribution in [0.25, 0.3) is 0 Å². The molecular weight excluding hydrogens is 172 g/mol. The van der Waals surface area contributed by atoms with Crippen LogP contribution in [0, 0.1) is 18.3 Å². The van der Waals surface area contributed by atoms with Crippen molar-refractivity contribution >= 4 is 0 Å². The first-order valence-corrected chi connectivity index (χ1v) is 5.61. The molecule has 1 rings (SSSR count). The molecule has 0 heterocycles. The fourth-order valence-corrected chi connectivity index (χ4v) is 2.07. The third kappa shape index (κ3) is 3.32. The van der Waals surface area contributed by atoms with E-state index in [2.05, 4.69) is 25.1 Å². The predicted octanol–water partition coefficient (Wildman–Crippen LogP) is 1.50. The standard InChI is InChI=1S/C12H22N2/c1-4-12(9(2)3)14-11-7-5-6-10(13)8-11/h1,9-12,14H,5-8,13H2,2-3H3. The zero-order chi connectivity index (χ0) is 10.6. The van der Waals surface area contributed by atoms with Crippen molar-refractivity contribution < 1.29 is 0 Å². The zero-order valence-corrected chi connectivity index (χ0v) is 9.29. The third-order valence-electron chi connectivity index (χ3n) is 2.98. The van der Waals surface area contributed by atoms with Crippen molar-refractivity contribution in [1.29, 1.82) is 0 Å². The molecular formula is C12H22N2. The van der Waals surface area contributed by atoms with Crippen LogP contribution in [0.2, 0.25) is 0 Å². The summed E-state index contributed by atoms with van der Waals surface area (Å²) < 4.78 is 0. The molecule has 0 amide bonds. The molecule has 14 heavy (non-hydrogen) atoms. The molecule has 0 radical (unpaired) electrons. The lowest BCUT2D eigenvalue weighted by Gasteiger charge is -2.30. The van der Waals surface area contributed by atoms with E-state index in [1.54, 1.807) is 0 Å². The first kappa shape index (κ1) is 11.6. The number of nitrogens with one attached hydrogen (secondary N) is 1. The van der Waals surface area contributed by atoms with Crippen molar-refractivity contribution in [2.24, 2.45) is 11.7 Å². The molecule has 3 unspecified atom stereocenters. The number of rotatable bonds is 3. The monoisotopic (exact) mass is 194 g/mol. The highest BCUT2D eigenvalue weighted by molar-refractivity contribution is 5.02. The van der Waals surface area contributed by atoms with Gasteiger partial charge in [-0.25, -0.2) is 0 Å². The van der Waals surface area contributed by atoms with Crippen molar-refractivity contribution in [2.75, 3.05) is 0 Å². The van der Waals surface area contributed by atoms with Crippen LogP contribution in [-0.2, 0) is 0 Å². The summed E-state index contributed by atoms with van der Waals surface area (Å²) in [6.07, 6.45) is 10.2. The molecule has 3 N–H and O–H groups in total. The van der Waals surface area contributed by atoms with Crippen LogP contribution < -0.4 is 11.1 Å². The highest BCUT2D eigenvalue weighted by Gasteiger charge is 2.22. The van der Waals surface area contributed by atoms with Crippen LogP contribution in [0.1, 0.15) is 39.5 Å². The highest BCUT2D eigenvalue weighted by Crippen LogP contribution is 2.18. The maximum atomic E-state index is 5.93. The minimum atomic E-state index is 0.199. The molecule has 2 nitrogen and oxygen atoms in total. The lowest BCUT2D eigenvalue weighted by Crippen LogP contribution is -2.45. The lowest BCUT2D eigenvalue weighted by atomic mass is 9.90. The molecule has 1 aliphatic carbocycles. The Hall–Kier alpha value is -0.520. The average molecular weight is 194 g/mol. The fraction of sp³-hybridized carbons (Fsp3) is 0.833. The second kappa shape index (κ2) is 5.38. The highest BCUT2D eigenvalue weighted by atomic mass is 15.0. The van der Waals surface area contributed by atoms with Gasteiger partial charge in [0.15, 0.2) is 0 Å². The van der Waals surface area contributed by atoms with Gasteiger partial charge in [-0.1, -0.05) is 26.2 Å². The van der Waals surface area contributed by atoms with E-state index in [4.69, 9.17) is 12.2 Å². The van der Waals surface area contributed by atoms with E-state index in [1.807, 2.05) is 0 Å². The van der Waals surface area contributed by atoms with Gasteiger partial charge in [-0.15, -0.1) is 6.42 Å². The Labute approximate surface area is 87.6 Å². The molecule has 1 saturated carbocycles. The van der Waals surface area contributed by atoms with E-state index in [9.17, 15) is 0 Å². The number of hydrogen-bond acceptors (Lipinski definition) is 2. The first-order chi connectivity index (χ1) is 6.63. The SMILES string of the molecule is C#CC(NC1CCCC(N)C1)C(C)C. The van der Waals surface area contributed by atoms with Crippen molar-refractivity contribution in [3.05, 3.63) is 0 Å². The normalized spacial score (nSPS) is 29.9. The second-order valence-electron chi connectivity index (χ2n) is 4.68. The Balaban J connectivity index is 2.38. The lowest BCUT2D eigenvalue weighted by molar-refractivity contribution is 0.307. The molecule has 0 bridgehead atoms. The predicted molar refractivity (Wildman–Crippen MR) is 60.8 cm³/mol. The molecule has 80 valence electrons. The van der Waals surface area contributed by atoms with Gasteiger partial charge >= 0.3 is 0 Å². The van der Waals surface area contributed by atoms with E-state index in [0.29, 0.717) is 18.0 Å². The smallest absolute Gasteiger partial charge is 0.0712 e. The molecule has 3 atom stereocenters. The van der Waals surface area contributed by atoms with Gasteiger partial charge < -0.3 is 11.1 Å². The largest absolute Gasteiger partial charge is 0.328 e. The summed E-state index contributed by atoms with van der Waals surface area (Å²) in [5.41, 5.74) is 5.93. The number of nitrogens with two attached hydrogens (primary N) is 1. The van der Waals surface area contributed by atoms with Gasteiger partial charge in [0.05, 0.1) is 6.04 Å². The molecule has 1 fully saturated rings. The maximum absolute atomic E-state index is 5.93. The molecule has 2 heteroatoms. The average Bonchev–Trinajstić information content (AvgIpc) is 2.14. The maximum Gasteiger partial charge on any atom is 0.0712 e. The minimum Gasteiger partial charge on any atom is -0.328 e. The van der Waals surface area contributed by atoms with Crippen LogP contribution in [0.5, 0.6) is 0 Å². The minimum absolute atomic E-state index is 0.199. The van der Waals surface area contributed by atoms with Crippen molar-refractivity contribution in [3.8, 4) is 12.3 Å². The van der Waals surface area contributed by atoms with Gasteiger partial charge in [0.2, 0.25) is 0 Å². The van der Waals surface area contributed by atoms with Crippen LogP contribution in [0.15, 0.2) is 0 Å². The molecule has 0 aliphatic heterocycles. The molecule has 0 spiro atoms. The van der Waals surface area contributed by atoms with E-state index in [-0.39, 0.29) is 6.04 Å². The Morgan fingerprint density at radius 3 is 2.64 bits per heavy atom. The summed E-state index contributed by atoms with van der Waals surface area (Å²) in [6.45, 7) is 4.31. The second-order valence-corrected chi connectivity index (χ2v) is 4.68. The summed E-state index contributed by atoms with van der Waals surface area (Å²) in [4.78, 5) is 0. The van der Waals surface area contributed by atoms with Crippen molar-refractivity contribution in [3.63, 3.8) is 0 Å². The number of terminal acetylenes is 1. The summed E-state index contributed by atoms with van der Waals surface area (Å²) in [6, 6.07) is 1.10. The molecule has 1 aliphatic rings. The topological polar surface area (TPSA) is 38.0 Å². The van der Waals surface area contributed by atoms with E-state index >= 15 is 0 Å². The van der Waals surface area contributed by atoms with Crippen LogP contribution in [0.3, 0.4) is 0 Å². The van der Waals surface area contributed by atoms with E-state index in [1.165, 1.54) is 19.3 Å². The van der Waals surface area contributed by atoms with Crippen molar-refractivity contribution in [2.45, 2.75) is 57.7 Å². The molecule has 0 aromatic carbocycles. The fourth-order valence-electron chi connectivity index (χ4n) is 2.07. The third-order valence-corrected chi connectivity index (χ3v) is 2.98. The molecule has 0 saturated heterocycles. The Morgan fingerprint density at radius 2 is 2.14 bits per heavy atom. The van der Waals surface area contributed by atoms with Crippen LogP contribution in [-0.4, -0.2) is 18.1 Å². The van der Waals surface area contributed by atoms with Crippen LogP contribution in [0.4, 0.5) is 0 Å². The first-order valence-electron chi connectivity index (χ1n) is 5.61.